The van der Waals surface area contributed by atoms with Crippen LogP contribution in [0.5, 0.6) is 0 Å². The van der Waals surface area contributed by atoms with E-state index in [2.05, 4.69) is 157 Å². The van der Waals surface area contributed by atoms with Crippen LogP contribution in [0.25, 0.3) is 54.9 Å². The Balaban J connectivity index is 1.26. The van der Waals surface area contributed by atoms with Gasteiger partial charge in [-0.25, -0.2) is 0 Å². The van der Waals surface area contributed by atoms with Crippen molar-refractivity contribution in [3.05, 3.63) is 152 Å². The second-order valence-electron chi connectivity index (χ2n) is 10.3. The topological polar surface area (TPSA) is 3.24 Å². The van der Waals surface area contributed by atoms with E-state index in [-0.39, 0.29) is 0 Å². The number of rotatable bonds is 4. The van der Waals surface area contributed by atoms with Gasteiger partial charge >= 0.3 is 0 Å². The van der Waals surface area contributed by atoms with Gasteiger partial charge < -0.3 is 4.90 Å². The molecule has 0 spiro atoms. The first-order chi connectivity index (χ1) is 19.3. The fourth-order valence-corrected chi connectivity index (χ4v) is 5.95. The minimum absolute atomic E-state index is 1.14. The summed E-state index contributed by atoms with van der Waals surface area (Å²) in [7, 11) is 0. The molecule has 0 aliphatic heterocycles. The molecule has 182 valence electrons. The number of benzene rings is 7. The van der Waals surface area contributed by atoms with Gasteiger partial charge in [0, 0.05) is 17.1 Å². The summed E-state index contributed by atoms with van der Waals surface area (Å²) in [5.41, 5.74) is 11.2. The maximum Gasteiger partial charge on any atom is 0.0468 e. The van der Waals surface area contributed by atoms with Gasteiger partial charge in [0.1, 0.15) is 0 Å². The van der Waals surface area contributed by atoms with Crippen LogP contribution >= 0.6 is 0 Å². The van der Waals surface area contributed by atoms with Crippen molar-refractivity contribution in [1.29, 1.82) is 0 Å². The predicted molar refractivity (Wildman–Crippen MR) is 166 cm³/mol. The molecule has 0 unspecified atom stereocenters. The highest BCUT2D eigenvalue weighted by Crippen LogP contribution is 2.51. The standard InChI is InChI=1S/C38H25N/c1-2-8-26(9-3-1)28-14-17-32(18-15-28)39(33-19-16-27-10-4-5-11-29(27)22-33)34-20-21-35-36-23-30-12-6-7-13-31(30)24-37(36)38(35)25-34/h1-25H. The van der Waals surface area contributed by atoms with Crippen LogP contribution in [0, 0.1) is 0 Å². The van der Waals surface area contributed by atoms with E-state index in [1.165, 1.54) is 54.9 Å². The molecule has 7 aromatic rings. The Morgan fingerprint density at radius 2 is 0.769 bits per heavy atom. The van der Waals surface area contributed by atoms with E-state index in [1.54, 1.807) is 0 Å². The lowest BCUT2D eigenvalue weighted by molar-refractivity contribution is 1.29. The summed E-state index contributed by atoms with van der Waals surface area (Å²) in [5, 5.41) is 5.07. The monoisotopic (exact) mass is 495 g/mol. The maximum atomic E-state index is 2.38. The zero-order valence-electron chi connectivity index (χ0n) is 21.4. The van der Waals surface area contributed by atoms with Crippen molar-refractivity contribution >= 4 is 38.6 Å². The van der Waals surface area contributed by atoms with E-state index in [1.807, 2.05) is 0 Å². The summed E-state index contributed by atoms with van der Waals surface area (Å²) in [6.07, 6.45) is 0. The minimum atomic E-state index is 1.14. The van der Waals surface area contributed by atoms with Gasteiger partial charge in [-0.3, -0.25) is 0 Å². The molecule has 0 heterocycles. The van der Waals surface area contributed by atoms with Crippen molar-refractivity contribution in [2.24, 2.45) is 0 Å². The van der Waals surface area contributed by atoms with Crippen LogP contribution in [0.15, 0.2) is 152 Å². The van der Waals surface area contributed by atoms with Gasteiger partial charge in [-0.05, 0) is 103 Å². The SMILES string of the molecule is c1ccc(-c2ccc(N(c3ccc4c(c3)-c3cc5ccccc5cc3-4)c3ccc4ccccc4c3)cc2)cc1. The number of hydrogen-bond acceptors (Lipinski definition) is 1. The van der Waals surface area contributed by atoms with Crippen LogP contribution < -0.4 is 4.90 Å². The zero-order valence-corrected chi connectivity index (χ0v) is 21.4. The van der Waals surface area contributed by atoms with Gasteiger partial charge in [0.25, 0.3) is 0 Å². The highest BCUT2D eigenvalue weighted by molar-refractivity contribution is 6.09. The molecular formula is C38H25N. The molecule has 0 saturated carbocycles. The van der Waals surface area contributed by atoms with Crippen molar-refractivity contribution in [3.8, 4) is 33.4 Å². The van der Waals surface area contributed by atoms with E-state index in [0.29, 0.717) is 0 Å². The van der Waals surface area contributed by atoms with Crippen LogP contribution in [-0.4, -0.2) is 0 Å². The van der Waals surface area contributed by atoms with Crippen LogP contribution in [-0.2, 0) is 0 Å². The molecule has 0 atom stereocenters. The summed E-state index contributed by atoms with van der Waals surface area (Å²) in [5.74, 6) is 0. The summed E-state index contributed by atoms with van der Waals surface area (Å²) in [6.45, 7) is 0. The summed E-state index contributed by atoms with van der Waals surface area (Å²) in [6, 6.07) is 55.0. The number of nitrogens with zero attached hydrogens (tertiary/aromatic N) is 1. The first-order valence-corrected chi connectivity index (χ1v) is 13.4. The van der Waals surface area contributed by atoms with Crippen molar-refractivity contribution in [2.75, 3.05) is 4.90 Å². The third kappa shape index (κ3) is 3.63. The average molecular weight is 496 g/mol. The Hall–Kier alpha value is -5.14. The third-order valence-corrected chi connectivity index (χ3v) is 7.95. The van der Waals surface area contributed by atoms with Gasteiger partial charge in [-0.1, -0.05) is 103 Å². The van der Waals surface area contributed by atoms with Gasteiger partial charge in [-0.2, -0.15) is 0 Å². The number of hydrogen-bond donors (Lipinski definition) is 0. The Morgan fingerprint density at radius 3 is 1.49 bits per heavy atom. The molecule has 7 aromatic carbocycles. The van der Waals surface area contributed by atoms with Crippen LogP contribution in [0.2, 0.25) is 0 Å². The van der Waals surface area contributed by atoms with Crippen LogP contribution in [0.1, 0.15) is 0 Å². The fraction of sp³-hybridized carbons (Fsp3) is 0. The van der Waals surface area contributed by atoms with Crippen molar-refractivity contribution < 1.29 is 0 Å². The van der Waals surface area contributed by atoms with Gasteiger partial charge in [0.05, 0.1) is 0 Å². The molecule has 0 N–H and O–H groups in total. The summed E-state index contributed by atoms with van der Waals surface area (Å²) < 4.78 is 0. The molecule has 0 fully saturated rings. The summed E-state index contributed by atoms with van der Waals surface area (Å²) in [4.78, 5) is 2.38. The quantitative estimate of drug-likeness (QED) is 0.235. The first kappa shape index (κ1) is 21.9. The smallest absolute Gasteiger partial charge is 0.0468 e. The molecule has 0 amide bonds. The third-order valence-electron chi connectivity index (χ3n) is 7.95. The molecule has 1 nitrogen and oxygen atoms in total. The minimum Gasteiger partial charge on any atom is -0.310 e. The van der Waals surface area contributed by atoms with E-state index in [9.17, 15) is 0 Å². The molecule has 8 rings (SSSR count). The second kappa shape index (κ2) is 8.72. The molecule has 1 heteroatoms. The molecular weight excluding hydrogens is 470 g/mol. The molecule has 0 aromatic heterocycles. The lowest BCUT2D eigenvalue weighted by atomic mass is 9.79. The van der Waals surface area contributed by atoms with Crippen molar-refractivity contribution in [3.63, 3.8) is 0 Å². The first-order valence-electron chi connectivity index (χ1n) is 13.4. The Labute approximate surface area is 228 Å². The Morgan fingerprint density at radius 1 is 0.282 bits per heavy atom. The predicted octanol–water partition coefficient (Wildman–Crippen LogP) is 10.8. The number of fused-ring (bicyclic) bond motifs is 6. The van der Waals surface area contributed by atoms with Crippen LogP contribution in [0.4, 0.5) is 17.1 Å². The van der Waals surface area contributed by atoms with Gasteiger partial charge in [-0.15, -0.1) is 0 Å². The highest BCUT2D eigenvalue weighted by Gasteiger charge is 2.25. The molecule has 0 radical (unpaired) electrons. The molecule has 39 heavy (non-hydrogen) atoms. The van der Waals surface area contributed by atoms with Crippen molar-refractivity contribution in [1.82, 2.24) is 0 Å². The van der Waals surface area contributed by atoms with Gasteiger partial charge in [0.2, 0.25) is 0 Å². The van der Waals surface area contributed by atoms with Gasteiger partial charge in [0.15, 0.2) is 0 Å². The normalized spacial score (nSPS) is 11.6. The lowest BCUT2D eigenvalue weighted by Crippen LogP contribution is -2.11. The van der Waals surface area contributed by atoms with Crippen molar-refractivity contribution in [2.45, 2.75) is 0 Å². The van der Waals surface area contributed by atoms with E-state index in [0.717, 1.165) is 17.1 Å². The largest absolute Gasteiger partial charge is 0.310 e. The molecule has 0 bridgehead atoms. The fourth-order valence-electron chi connectivity index (χ4n) is 5.95. The second-order valence-corrected chi connectivity index (χ2v) is 10.3. The Bertz CT molecular complexity index is 2000. The van der Waals surface area contributed by atoms with Crippen LogP contribution in [0.3, 0.4) is 0 Å². The van der Waals surface area contributed by atoms with E-state index >= 15 is 0 Å². The average Bonchev–Trinajstić information content (AvgIpc) is 3.01. The number of anilines is 3. The van der Waals surface area contributed by atoms with E-state index < -0.39 is 0 Å². The Kier molecular flexibility index (Phi) is 4.89. The molecule has 0 saturated heterocycles. The molecule has 1 aliphatic carbocycles. The highest BCUT2D eigenvalue weighted by atomic mass is 15.1. The summed E-state index contributed by atoms with van der Waals surface area (Å²) >= 11 is 0. The zero-order chi connectivity index (χ0) is 25.8. The maximum absolute atomic E-state index is 2.38. The lowest BCUT2D eigenvalue weighted by Gasteiger charge is -2.30. The molecule has 1 aliphatic rings. The van der Waals surface area contributed by atoms with E-state index in [4.69, 9.17) is 0 Å².